The van der Waals surface area contributed by atoms with Crippen LogP contribution in [0.25, 0.3) is 0 Å². The number of carboxylic acid groups (broad SMARTS) is 1. The van der Waals surface area contributed by atoms with Crippen LogP contribution in [0.3, 0.4) is 0 Å². The van der Waals surface area contributed by atoms with Crippen molar-refractivity contribution in [3.8, 4) is 0 Å². The van der Waals surface area contributed by atoms with Gasteiger partial charge in [-0.1, -0.05) is 44.2 Å². The normalized spacial score (nSPS) is 14.1. The van der Waals surface area contributed by atoms with Gasteiger partial charge >= 0.3 is 5.97 Å². The third kappa shape index (κ3) is 9.34. The Morgan fingerprint density at radius 2 is 1.35 bits per heavy atom. The number of nitrogens with two attached hydrogens (primary N) is 1. The van der Waals surface area contributed by atoms with Crippen molar-refractivity contribution in [3.05, 3.63) is 72.3 Å². The van der Waals surface area contributed by atoms with Crippen LogP contribution in [0.15, 0.2) is 55.4 Å². The molecule has 3 aromatic rings. The highest BCUT2D eigenvalue weighted by Gasteiger charge is 2.31. The maximum Gasteiger partial charge on any atom is 0.326 e. The number of amides is 3. The average molecular weight is 553 g/mol. The van der Waals surface area contributed by atoms with Crippen LogP contribution in [-0.2, 0) is 38.4 Å². The van der Waals surface area contributed by atoms with Crippen LogP contribution >= 0.6 is 0 Å². The molecular weight excluding hydrogens is 516 g/mol. The monoisotopic (exact) mass is 552 g/mol. The second-order valence-electron chi connectivity index (χ2n) is 10.0. The molecular formula is C27H36N8O5. The van der Waals surface area contributed by atoms with Crippen LogP contribution in [-0.4, -0.2) is 72.9 Å². The smallest absolute Gasteiger partial charge is 0.326 e. The molecule has 0 saturated heterocycles. The van der Waals surface area contributed by atoms with Crippen molar-refractivity contribution in [3.63, 3.8) is 0 Å². The van der Waals surface area contributed by atoms with Crippen LogP contribution in [0, 0.1) is 5.92 Å². The Morgan fingerprint density at radius 1 is 0.800 bits per heavy atom. The number of benzene rings is 1. The summed E-state index contributed by atoms with van der Waals surface area (Å²) in [4.78, 5) is 65.1. The largest absolute Gasteiger partial charge is 0.480 e. The lowest BCUT2D eigenvalue weighted by Crippen LogP contribution is -2.58. The minimum Gasteiger partial charge on any atom is -0.480 e. The van der Waals surface area contributed by atoms with Crippen LogP contribution in [0.1, 0.15) is 37.2 Å². The number of H-pyrrole nitrogens is 2. The van der Waals surface area contributed by atoms with E-state index in [-0.39, 0.29) is 31.6 Å². The number of aromatic amines is 2. The number of imidazole rings is 2. The van der Waals surface area contributed by atoms with E-state index in [1.54, 1.807) is 30.5 Å². The molecule has 0 fully saturated rings. The first-order valence-corrected chi connectivity index (χ1v) is 13.0. The van der Waals surface area contributed by atoms with E-state index in [2.05, 4.69) is 35.9 Å². The summed E-state index contributed by atoms with van der Waals surface area (Å²) < 4.78 is 0. The molecule has 3 amide bonds. The number of hydrogen-bond acceptors (Lipinski definition) is 7. The Balaban J connectivity index is 1.72. The number of rotatable bonds is 15. The second-order valence-corrected chi connectivity index (χ2v) is 10.0. The molecule has 0 bridgehead atoms. The van der Waals surface area contributed by atoms with E-state index < -0.39 is 47.9 Å². The van der Waals surface area contributed by atoms with Gasteiger partial charge in [0.15, 0.2) is 0 Å². The Hall–Kier alpha value is -4.52. The first kappa shape index (κ1) is 30.0. The molecule has 0 aliphatic rings. The summed E-state index contributed by atoms with van der Waals surface area (Å²) in [7, 11) is 0. The molecule has 3 rings (SSSR count). The van der Waals surface area contributed by atoms with Crippen LogP contribution < -0.4 is 21.7 Å². The van der Waals surface area contributed by atoms with Crippen molar-refractivity contribution in [1.82, 2.24) is 35.9 Å². The minimum absolute atomic E-state index is 0.00285. The summed E-state index contributed by atoms with van der Waals surface area (Å²) in [5, 5.41) is 17.7. The fraction of sp³-hybridized carbons (Fsp3) is 0.407. The van der Waals surface area contributed by atoms with E-state index in [1.165, 1.54) is 18.9 Å². The van der Waals surface area contributed by atoms with Crippen molar-refractivity contribution in [2.45, 2.75) is 63.7 Å². The van der Waals surface area contributed by atoms with Gasteiger partial charge in [0.05, 0.1) is 18.7 Å². The highest BCUT2D eigenvalue weighted by atomic mass is 16.4. The first-order chi connectivity index (χ1) is 19.1. The molecule has 2 heterocycles. The maximum atomic E-state index is 13.4. The third-order valence-electron chi connectivity index (χ3n) is 6.18. The van der Waals surface area contributed by atoms with Gasteiger partial charge in [0, 0.05) is 43.0 Å². The quantitative estimate of drug-likeness (QED) is 0.137. The lowest BCUT2D eigenvalue weighted by molar-refractivity contribution is -0.142. The molecule has 40 heavy (non-hydrogen) atoms. The van der Waals surface area contributed by atoms with Crippen molar-refractivity contribution in [1.29, 1.82) is 0 Å². The topological polar surface area (TPSA) is 208 Å². The predicted molar refractivity (Wildman–Crippen MR) is 146 cm³/mol. The van der Waals surface area contributed by atoms with Gasteiger partial charge in [-0.2, -0.15) is 0 Å². The van der Waals surface area contributed by atoms with E-state index in [9.17, 15) is 24.3 Å². The van der Waals surface area contributed by atoms with Crippen molar-refractivity contribution < 1.29 is 24.3 Å². The van der Waals surface area contributed by atoms with Gasteiger partial charge in [0.1, 0.15) is 18.1 Å². The predicted octanol–water partition coefficient (Wildman–Crippen LogP) is 0.0731. The Bertz CT molecular complexity index is 1230. The second kappa shape index (κ2) is 14.6. The highest BCUT2D eigenvalue weighted by Crippen LogP contribution is 2.09. The summed E-state index contributed by atoms with van der Waals surface area (Å²) >= 11 is 0. The van der Waals surface area contributed by atoms with Gasteiger partial charge in [0.2, 0.25) is 17.7 Å². The zero-order valence-corrected chi connectivity index (χ0v) is 22.5. The first-order valence-electron chi connectivity index (χ1n) is 13.0. The standard InChI is InChI=1S/C27H36N8O5/c1-16(2)8-21(25(37)35-23(27(39)40)9-17-6-4-3-5-7-17)34-26(38)22(11-19-13-30-15-32-19)33-24(36)20(28)10-18-12-29-14-31-18/h3-7,12-16,20-23H,8-11,28H2,1-2H3,(H,29,31)(H,30,32)(H,33,36)(H,34,38)(H,35,37)(H,39,40). The van der Waals surface area contributed by atoms with E-state index in [0.717, 1.165) is 5.56 Å². The fourth-order valence-corrected chi connectivity index (χ4v) is 4.13. The summed E-state index contributed by atoms with van der Waals surface area (Å²) in [5.74, 6) is -3.01. The van der Waals surface area contributed by atoms with Gasteiger partial charge in [-0.05, 0) is 17.9 Å². The van der Waals surface area contributed by atoms with Crippen LogP contribution in [0.4, 0.5) is 0 Å². The number of aliphatic carboxylic acids is 1. The highest BCUT2D eigenvalue weighted by molar-refractivity contribution is 5.94. The average Bonchev–Trinajstić information content (AvgIpc) is 3.62. The van der Waals surface area contributed by atoms with Gasteiger partial charge in [0.25, 0.3) is 0 Å². The van der Waals surface area contributed by atoms with Crippen molar-refractivity contribution >= 4 is 23.7 Å². The number of hydrogen-bond donors (Lipinski definition) is 7. The molecule has 0 aliphatic heterocycles. The molecule has 0 aliphatic carbocycles. The molecule has 2 aromatic heterocycles. The lowest BCUT2D eigenvalue weighted by atomic mass is 10.0. The molecule has 8 N–H and O–H groups in total. The van der Waals surface area contributed by atoms with Crippen LogP contribution in [0.5, 0.6) is 0 Å². The fourth-order valence-electron chi connectivity index (χ4n) is 4.13. The molecule has 13 heteroatoms. The molecule has 13 nitrogen and oxygen atoms in total. The molecule has 4 atom stereocenters. The molecule has 0 radical (unpaired) electrons. The Morgan fingerprint density at radius 3 is 1.90 bits per heavy atom. The molecule has 0 spiro atoms. The van der Waals surface area contributed by atoms with Crippen molar-refractivity contribution in [2.75, 3.05) is 0 Å². The number of carbonyl (C=O) groups is 4. The van der Waals surface area contributed by atoms with E-state index >= 15 is 0 Å². The number of nitrogens with zero attached hydrogens (tertiary/aromatic N) is 2. The van der Waals surface area contributed by atoms with Gasteiger partial charge in [-0.25, -0.2) is 14.8 Å². The summed E-state index contributed by atoms with van der Waals surface area (Å²) in [6.07, 6.45) is 6.58. The van der Waals surface area contributed by atoms with E-state index in [1.807, 2.05) is 19.9 Å². The summed E-state index contributed by atoms with van der Waals surface area (Å²) in [6, 6.07) is 4.66. The van der Waals surface area contributed by atoms with E-state index in [4.69, 9.17) is 5.73 Å². The molecule has 214 valence electrons. The summed E-state index contributed by atoms with van der Waals surface area (Å²) in [6.45, 7) is 3.76. The zero-order valence-electron chi connectivity index (χ0n) is 22.5. The number of aromatic nitrogens is 4. The number of carbonyl (C=O) groups excluding carboxylic acids is 3. The number of carboxylic acids is 1. The number of nitrogens with one attached hydrogen (secondary N) is 5. The van der Waals surface area contributed by atoms with E-state index in [0.29, 0.717) is 11.4 Å². The maximum absolute atomic E-state index is 13.4. The van der Waals surface area contributed by atoms with Gasteiger partial charge in [-0.15, -0.1) is 0 Å². The lowest BCUT2D eigenvalue weighted by Gasteiger charge is -2.26. The third-order valence-corrected chi connectivity index (χ3v) is 6.18. The van der Waals surface area contributed by atoms with Gasteiger partial charge < -0.3 is 36.8 Å². The summed E-state index contributed by atoms with van der Waals surface area (Å²) in [5.41, 5.74) is 8.05. The van der Waals surface area contributed by atoms with Gasteiger partial charge in [-0.3, -0.25) is 14.4 Å². The molecule has 1 aromatic carbocycles. The zero-order chi connectivity index (χ0) is 29.1. The minimum atomic E-state index is -1.19. The van der Waals surface area contributed by atoms with Crippen molar-refractivity contribution in [2.24, 2.45) is 11.7 Å². The van der Waals surface area contributed by atoms with Crippen LogP contribution in [0.2, 0.25) is 0 Å². The molecule has 0 saturated carbocycles. The Kier molecular flexibility index (Phi) is 10.9. The Labute approximate surface area is 231 Å². The molecule has 4 unspecified atom stereocenters. The SMILES string of the molecule is CC(C)CC(NC(=O)C(Cc1cnc[nH]1)NC(=O)C(N)Cc1cnc[nH]1)C(=O)NC(Cc1ccccc1)C(=O)O.